The van der Waals surface area contributed by atoms with Crippen LogP contribution in [0.3, 0.4) is 0 Å². The second-order valence-electron chi connectivity index (χ2n) is 6.22. The minimum atomic E-state index is -5.87. The number of aliphatic hydroxyl groups is 1. The first kappa shape index (κ1) is 26.5. The van der Waals surface area contributed by atoms with Crippen LogP contribution in [0.2, 0.25) is 0 Å². The predicted molar refractivity (Wildman–Crippen MR) is 96.8 cm³/mol. The van der Waals surface area contributed by atoms with Gasteiger partial charge in [-0.3, -0.25) is 9.09 Å². The number of phosphoric acid groups is 3. The van der Waals surface area contributed by atoms with E-state index in [4.69, 9.17) is 37.4 Å². The normalized spacial score (nSPS) is 33.0. The minimum Gasteiger partial charge on any atom is -0.384 e. The molecule has 0 aromatic carbocycles. The van der Waals surface area contributed by atoms with Crippen molar-refractivity contribution in [3.8, 4) is 0 Å². The Morgan fingerprint density at radius 3 is 2.35 bits per heavy atom. The Morgan fingerprint density at radius 1 is 1.26 bits per heavy atom. The lowest BCUT2D eigenvalue weighted by Gasteiger charge is -2.26. The van der Waals surface area contributed by atoms with Crippen molar-refractivity contribution in [2.24, 2.45) is 0 Å². The molecule has 21 heteroatoms. The fraction of sp³-hybridized carbons (Fsp3) is 0.600. The number of rotatable bonds is 8. The topological polar surface area (TPSA) is 233 Å². The standard InChI is InChI=1S/C10H16F2N3O12P3S/c1-9(11)6(16)10(12,25-7(9)15-3-2-5(13)14-8(15)31)4-24-29(20,21)27-30(22,23)26-28(17,18)19/h2-3,6-7,16H,4H2,1H3,(H,20,21)(H,22,23)(H2,13,14,31)(H2,17,18,19)/t6-,7-,9?,10-/m1/s1. The smallest absolute Gasteiger partial charge is 0.384 e. The Hall–Kier alpha value is -0.710. The van der Waals surface area contributed by atoms with Crippen LogP contribution >= 0.6 is 35.7 Å². The van der Waals surface area contributed by atoms with Gasteiger partial charge in [0.1, 0.15) is 12.4 Å². The Morgan fingerprint density at radius 2 is 1.84 bits per heavy atom. The van der Waals surface area contributed by atoms with E-state index < -0.39 is 53.9 Å². The molecule has 31 heavy (non-hydrogen) atoms. The fourth-order valence-electron chi connectivity index (χ4n) is 2.44. The summed E-state index contributed by atoms with van der Waals surface area (Å²) in [5, 5.41) is 10.0. The summed E-state index contributed by atoms with van der Waals surface area (Å²) in [7, 11) is -17.3. The number of alkyl halides is 2. The quantitative estimate of drug-likeness (QED) is 0.201. The number of phosphoric ester groups is 1. The number of nitrogens with zero attached hydrogens (tertiary/aromatic N) is 2. The molecule has 6 atom stereocenters. The first-order chi connectivity index (χ1) is 13.8. The zero-order valence-corrected chi connectivity index (χ0v) is 18.6. The van der Waals surface area contributed by atoms with Crippen molar-refractivity contribution >= 4 is 41.5 Å². The number of hydrogen-bond donors (Lipinski definition) is 6. The predicted octanol–water partition coefficient (Wildman–Crippen LogP) is 0.822. The Labute approximate surface area is 176 Å². The van der Waals surface area contributed by atoms with E-state index in [0.29, 0.717) is 6.92 Å². The summed E-state index contributed by atoms with van der Waals surface area (Å²) in [6.07, 6.45) is -3.54. The van der Waals surface area contributed by atoms with Crippen molar-refractivity contribution in [2.45, 2.75) is 30.8 Å². The Balaban J connectivity index is 2.21. The number of nitrogen functional groups attached to an aromatic ring is 1. The summed E-state index contributed by atoms with van der Waals surface area (Å²) in [6.45, 7) is -1.03. The van der Waals surface area contributed by atoms with E-state index in [1.165, 1.54) is 0 Å². The summed E-state index contributed by atoms with van der Waals surface area (Å²) in [6, 6.07) is 1.16. The van der Waals surface area contributed by atoms with Crippen LogP contribution in [0, 0.1) is 4.77 Å². The summed E-state index contributed by atoms with van der Waals surface area (Å²) in [5.41, 5.74) is 2.50. The van der Waals surface area contributed by atoms with Crippen LogP contribution in [-0.2, 0) is 31.6 Å². The molecule has 1 aromatic rings. The van der Waals surface area contributed by atoms with Crippen LogP contribution in [0.4, 0.5) is 14.6 Å². The van der Waals surface area contributed by atoms with Gasteiger partial charge in [-0.25, -0.2) is 27.5 Å². The SMILES string of the molecule is CC1(F)[C@@H](O)[C@@](F)(COP(=O)(O)OP(=O)(O)OP(=O)(O)O)O[C@H]1n1ccc(N)nc1=S. The average molecular weight is 533 g/mol. The maximum atomic E-state index is 15.1. The first-order valence-corrected chi connectivity index (χ1v) is 12.6. The van der Waals surface area contributed by atoms with Crippen LogP contribution in [0.25, 0.3) is 0 Å². The third-order valence-corrected chi connectivity index (χ3v) is 7.76. The van der Waals surface area contributed by atoms with Crippen LogP contribution < -0.4 is 5.73 Å². The number of nitrogens with two attached hydrogens (primary N) is 1. The van der Waals surface area contributed by atoms with Gasteiger partial charge < -0.3 is 35.2 Å². The molecule has 178 valence electrons. The summed E-state index contributed by atoms with van der Waals surface area (Å²) in [4.78, 5) is 39.0. The maximum Gasteiger partial charge on any atom is 0.490 e. The molecule has 0 bridgehead atoms. The molecule has 1 aliphatic rings. The monoisotopic (exact) mass is 533 g/mol. The summed E-state index contributed by atoms with van der Waals surface area (Å²) >= 11 is 4.87. The Bertz CT molecular complexity index is 1050. The van der Waals surface area contributed by atoms with Crippen molar-refractivity contribution in [3.05, 3.63) is 17.0 Å². The van der Waals surface area contributed by atoms with E-state index in [0.717, 1.165) is 16.8 Å². The van der Waals surface area contributed by atoms with E-state index in [2.05, 4.69) is 18.1 Å². The van der Waals surface area contributed by atoms with Crippen LogP contribution in [0.15, 0.2) is 12.3 Å². The van der Waals surface area contributed by atoms with E-state index in [9.17, 15) is 23.7 Å². The molecule has 1 fully saturated rings. The zero-order valence-electron chi connectivity index (χ0n) is 15.1. The van der Waals surface area contributed by atoms with Crippen molar-refractivity contribution in [2.75, 3.05) is 12.3 Å². The lowest BCUT2D eigenvalue weighted by atomic mass is 9.97. The summed E-state index contributed by atoms with van der Waals surface area (Å²) < 4.78 is 79.9. The minimum absolute atomic E-state index is 0.0560. The molecule has 15 nitrogen and oxygen atoms in total. The molecule has 0 saturated carbocycles. The van der Waals surface area contributed by atoms with Gasteiger partial charge in [0.25, 0.3) is 5.85 Å². The van der Waals surface area contributed by atoms with Gasteiger partial charge in [-0.15, -0.1) is 0 Å². The maximum absolute atomic E-state index is 15.1. The van der Waals surface area contributed by atoms with Gasteiger partial charge >= 0.3 is 23.5 Å². The highest BCUT2D eigenvalue weighted by Crippen LogP contribution is 2.66. The number of halogens is 2. The molecule has 1 aliphatic heterocycles. The molecule has 1 saturated heterocycles. The molecule has 2 rings (SSSR count). The molecule has 1 aromatic heterocycles. The van der Waals surface area contributed by atoms with Gasteiger partial charge in [0, 0.05) is 6.20 Å². The highest BCUT2D eigenvalue weighted by Gasteiger charge is 2.65. The Kier molecular flexibility index (Phi) is 7.34. The van der Waals surface area contributed by atoms with Gasteiger partial charge in [-0.2, -0.15) is 8.62 Å². The van der Waals surface area contributed by atoms with E-state index in [1.54, 1.807) is 0 Å². The van der Waals surface area contributed by atoms with Crippen molar-refractivity contribution in [1.82, 2.24) is 9.55 Å². The van der Waals surface area contributed by atoms with Gasteiger partial charge in [-0.05, 0) is 25.2 Å². The number of aromatic nitrogens is 2. The van der Waals surface area contributed by atoms with E-state index in [1.807, 2.05) is 0 Å². The van der Waals surface area contributed by atoms with Crippen LogP contribution in [-0.4, -0.2) is 58.5 Å². The van der Waals surface area contributed by atoms with Crippen LogP contribution in [0.1, 0.15) is 13.2 Å². The molecule has 2 heterocycles. The van der Waals surface area contributed by atoms with Crippen molar-refractivity contribution in [1.29, 1.82) is 0 Å². The molecule has 0 aliphatic carbocycles. The highest BCUT2D eigenvalue weighted by atomic mass is 32.1. The largest absolute Gasteiger partial charge is 0.490 e. The van der Waals surface area contributed by atoms with Gasteiger partial charge in [0.05, 0.1) is 0 Å². The number of aliphatic hydroxyl groups excluding tert-OH is 1. The van der Waals surface area contributed by atoms with Gasteiger partial charge in [0.2, 0.25) is 4.77 Å². The second-order valence-corrected chi connectivity index (χ2v) is 11.0. The fourth-order valence-corrected chi connectivity index (χ4v) is 5.74. The zero-order chi connectivity index (χ0) is 24.0. The number of anilines is 1. The summed E-state index contributed by atoms with van der Waals surface area (Å²) in [5.74, 6) is -3.59. The molecule has 0 radical (unpaired) electrons. The van der Waals surface area contributed by atoms with Crippen LogP contribution in [0.5, 0.6) is 0 Å². The second kappa shape index (κ2) is 8.57. The molecular weight excluding hydrogens is 517 g/mol. The lowest BCUT2D eigenvalue weighted by molar-refractivity contribution is -0.204. The number of ether oxygens (including phenoxy) is 1. The molecular formula is C10H16F2N3O12P3S. The molecule has 3 unspecified atom stereocenters. The van der Waals surface area contributed by atoms with Crippen molar-refractivity contribution in [3.63, 3.8) is 0 Å². The average Bonchev–Trinajstić information content (AvgIpc) is 2.71. The third-order valence-electron chi connectivity index (χ3n) is 3.68. The molecule has 0 spiro atoms. The van der Waals surface area contributed by atoms with E-state index >= 15 is 8.78 Å². The van der Waals surface area contributed by atoms with Gasteiger partial charge in [0.15, 0.2) is 18.0 Å². The van der Waals surface area contributed by atoms with Gasteiger partial charge in [-0.1, -0.05) is 0 Å². The molecule has 0 amide bonds. The third kappa shape index (κ3) is 6.42. The number of hydrogen-bond acceptors (Lipinski definition) is 11. The van der Waals surface area contributed by atoms with Crippen molar-refractivity contribution < 1.29 is 65.0 Å². The highest BCUT2D eigenvalue weighted by molar-refractivity contribution is 7.71. The first-order valence-electron chi connectivity index (χ1n) is 7.65. The van der Waals surface area contributed by atoms with E-state index in [-0.39, 0.29) is 10.6 Å². The molecule has 7 N–H and O–H groups in total. The lowest BCUT2D eigenvalue weighted by Crippen LogP contribution is -2.46.